The van der Waals surface area contributed by atoms with E-state index in [1.54, 1.807) is 0 Å². The number of benzene rings is 1. The van der Waals surface area contributed by atoms with Crippen molar-refractivity contribution in [1.82, 2.24) is 10.2 Å². The molecule has 2 N–H and O–H groups in total. The van der Waals surface area contributed by atoms with Crippen LogP contribution in [0.1, 0.15) is 19.4 Å². The zero-order valence-electron chi connectivity index (χ0n) is 11.8. The molecule has 1 aromatic rings. The van der Waals surface area contributed by atoms with Gasteiger partial charge in [-0.05, 0) is 31.0 Å². The molecule has 2 rings (SSSR count). The molecule has 1 unspecified atom stereocenters. The molecule has 1 amide bonds. The van der Waals surface area contributed by atoms with E-state index in [2.05, 4.69) is 41.5 Å². The van der Waals surface area contributed by atoms with Gasteiger partial charge in [0.05, 0.1) is 6.54 Å². The number of nitrogens with one attached hydrogen (secondary N) is 2. The van der Waals surface area contributed by atoms with Crippen molar-refractivity contribution in [2.24, 2.45) is 0 Å². The zero-order valence-corrected chi connectivity index (χ0v) is 11.8. The molecule has 4 heteroatoms. The van der Waals surface area contributed by atoms with E-state index in [0.29, 0.717) is 12.6 Å². The normalized spacial score (nSPS) is 20.2. The van der Waals surface area contributed by atoms with Gasteiger partial charge in [-0.15, -0.1) is 0 Å². The fourth-order valence-corrected chi connectivity index (χ4v) is 2.38. The van der Waals surface area contributed by atoms with Crippen LogP contribution in [0.2, 0.25) is 0 Å². The second-order valence-corrected chi connectivity index (χ2v) is 5.19. The van der Waals surface area contributed by atoms with Crippen LogP contribution in [-0.4, -0.2) is 43.0 Å². The van der Waals surface area contributed by atoms with Crippen LogP contribution >= 0.6 is 0 Å². The smallest absolute Gasteiger partial charge is 0.238 e. The molecule has 1 aromatic carbocycles. The van der Waals surface area contributed by atoms with Gasteiger partial charge in [0.1, 0.15) is 0 Å². The van der Waals surface area contributed by atoms with Crippen LogP contribution in [-0.2, 0) is 11.2 Å². The lowest BCUT2D eigenvalue weighted by Gasteiger charge is -2.31. The average Bonchev–Trinajstić information content (AvgIpc) is 2.39. The van der Waals surface area contributed by atoms with Crippen LogP contribution in [0.15, 0.2) is 24.3 Å². The summed E-state index contributed by atoms with van der Waals surface area (Å²) in [6, 6.07) is 8.52. The molecule has 1 atom stereocenters. The maximum absolute atomic E-state index is 12.0. The predicted molar refractivity (Wildman–Crippen MR) is 78.4 cm³/mol. The molecule has 0 saturated carbocycles. The number of piperazine rings is 1. The van der Waals surface area contributed by atoms with Gasteiger partial charge < -0.3 is 10.6 Å². The Hall–Kier alpha value is -1.39. The summed E-state index contributed by atoms with van der Waals surface area (Å²) in [6.45, 7) is 7.57. The molecule has 0 bridgehead atoms. The molecule has 1 aliphatic rings. The number of carbonyl (C=O) groups is 1. The fourth-order valence-electron chi connectivity index (χ4n) is 2.38. The summed E-state index contributed by atoms with van der Waals surface area (Å²) in [7, 11) is 0. The SMILES string of the molecule is CCc1ccc(NC(=O)CN2CCNC(C)C2)cc1. The number of hydrogen-bond acceptors (Lipinski definition) is 3. The van der Waals surface area contributed by atoms with Crippen molar-refractivity contribution in [3.8, 4) is 0 Å². The fraction of sp³-hybridized carbons (Fsp3) is 0.533. The van der Waals surface area contributed by atoms with Crippen molar-refractivity contribution < 1.29 is 4.79 Å². The van der Waals surface area contributed by atoms with Crippen LogP contribution in [0.3, 0.4) is 0 Å². The predicted octanol–water partition coefficient (Wildman–Crippen LogP) is 1.48. The maximum atomic E-state index is 12.0. The molecule has 1 heterocycles. The summed E-state index contributed by atoms with van der Waals surface area (Å²) in [4.78, 5) is 14.2. The highest BCUT2D eigenvalue weighted by atomic mass is 16.2. The third kappa shape index (κ3) is 4.33. The number of hydrogen-bond donors (Lipinski definition) is 2. The highest BCUT2D eigenvalue weighted by Crippen LogP contribution is 2.10. The van der Waals surface area contributed by atoms with Crippen molar-refractivity contribution in [2.75, 3.05) is 31.5 Å². The highest BCUT2D eigenvalue weighted by molar-refractivity contribution is 5.92. The zero-order chi connectivity index (χ0) is 13.7. The minimum atomic E-state index is 0.0679. The standard InChI is InChI=1S/C15H23N3O/c1-3-13-4-6-14(7-5-13)17-15(19)11-18-9-8-16-12(2)10-18/h4-7,12,16H,3,8-11H2,1-2H3,(H,17,19). The van der Waals surface area contributed by atoms with Gasteiger partial charge in [-0.25, -0.2) is 0 Å². The Bertz CT molecular complexity index is 416. The van der Waals surface area contributed by atoms with Crippen LogP contribution in [0.4, 0.5) is 5.69 Å². The van der Waals surface area contributed by atoms with Crippen molar-refractivity contribution in [3.63, 3.8) is 0 Å². The number of nitrogens with zero attached hydrogens (tertiary/aromatic N) is 1. The molecule has 0 spiro atoms. The first-order chi connectivity index (χ1) is 9.17. The molecular formula is C15H23N3O. The van der Waals surface area contributed by atoms with Crippen molar-refractivity contribution >= 4 is 11.6 Å². The van der Waals surface area contributed by atoms with Crippen LogP contribution in [0.25, 0.3) is 0 Å². The lowest BCUT2D eigenvalue weighted by Crippen LogP contribution is -2.51. The van der Waals surface area contributed by atoms with E-state index in [-0.39, 0.29) is 5.91 Å². The van der Waals surface area contributed by atoms with E-state index in [0.717, 1.165) is 31.7 Å². The van der Waals surface area contributed by atoms with Gasteiger partial charge >= 0.3 is 0 Å². The molecular weight excluding hydrogens is 238 g/mol. The minimum Gasteiger partial charge on any atom is -0.325 e. The van der Waals surface area contributed by atoms with E-state index < -0.39 is 0 Å². The van der Waals surface area contributed by atoms with Gasteiger partial charge in [0, 0.05) is 31.4 Å². The van der Waals surface area contributed by atoms with Gasteiger partial charge in [-0.1, -0.05) is 19.1 Å². The molecule has 0 aromatic heterocycles. The number of aryl methyl sites for hydroxylation is 1. The first-order valence-electron chi connectivity index (χ1n) is 7.02. The van der Waals surface area contributed by atoms with Crippen molar-refractivity contribution in [2.45, 2.75) is 26.3 Å². The first kappa shape index (κ1) is 14.0. The quantitative estimate of drug-likeness (QED) is 0.863. The molecule has 1 saturated heterocycles. The van der Waals surface area contributed by atoms with Gasteiger partial charge in [-0.3, -0.25) is 9.69 Å². The first-order valence-corrected chi connectivity index (χ1v) is 7.02. The van der Waals surface area contributed by atoms with Gasteiger partial charge in [-0.2, -0.15) is 0 Å². The highest BCUT2D eigenvalue weighted by Gasteiger charge is 2.17. The van der Waals surface area contributed by atoms with E-state index >= 15 is 0 Å². The Morgan fingerprint density at radius 3 is 2.79 bits per heavy atom. The van der Waals surface area contributed by atoms with Gasteiger partial charge in [0.2, 0.25) is 5.91 Å². The molecule has 4 nitrogen and oxygen atoms in total. The van der Waals surface area contributed by atoms with E-state index in [1.807, 2.05) is 12.1 Å². The van der Waals surface area contributed by atoms with E-state index in [1.165, 1.54) is 5.56 Å². The number of carbonyl (C=O) groups excluding carboxylic acids is 1. The Kier molecular flexibility index (Phi) is 4.93. The Morgan fingerprint density at radius 2 is 2.16 bits per heavy atom. The summed E-state index contributed by atoms with van der Waals surface area (Å²) in [5.41, 5.74) is 2.17. The Labute approximate surface area is 115 Å². The van der Waals surface area contributed by atoms with Crippen molar-refractivity contribution in [1.29, 1.82) is 0 Å². The summed E-state index contributed by atoms with van der Waals surface area (Å²) in [6.07, 6.45) is 1.02. The topological polar surface area (TPSA) is 44.4 Å². The lowest BCUT2D eigenvalue weighted by molar-refractivity contribution is -0.117. The number of rotatable bonds is 4. The van der Waals surface area contributed by atoms with Gasteiger partial charge in [0.15, 0.2) is 0 Å². The molecule has 0 aliphatic carbocycles. The Balaban J connectivity index is 1.83. The molecule has 1 aliphatic heterocycles. The molecule has 104 valence electrons. The molecule has 1 fully saturated rings. The van der Waals surface area contributed by atoms with E-state index in [4.69, 9.17) is 0 Å². The summed E-state index contributed by atoms with van der Waals surface area (Å²) >= 11 is 0. The second-order valence-electron chi connectivity index (χ2n) is 5.19. The van der Waals surface area contributed by atoms with E-state index in [9.17, 15) is 4.79 Å². The van der Waals surface area contributed by atoms with Crippen LogP contribution < -0.4 is 10.6 Å². The average molecular weight is 261 g/mol. The van der Waals surface area contributed by atoms with Gasteiger partial charge in [0.25, 0.3) is 0 Å². The summed E-state index contributed by atoms with van der Waals surface area (Å²) in [5.74, 6) is 0.0679. The maximum Gasteiger partial charge on any atom is 0.238 e. The third-order valence-electron chi connectivity index (χ3n) is 3.47. The minimum absolute atomic E-state index is 0.0679. The third-order valence-corrected chi connectivity index (χ3v) is 3.47. The number of anilines is 1. The lowest BCUT2D eigenvalue weighted by atomic mass is 10.1. The number of amides is 1. The van der Waals surface area contributed by atoms with Crippen LogP contribution in [0, 0.1) is 0 Å². The summed E-state index contributed by atoms with van der Waals surface area (Å²) in [5, 5.41) is 6.33. The molecule has 19 heavy (non-hydrogen) atoms. The molecule has 0 radical (unpaired) electrons. The largest absolute Gasteiger partial charge is 0.325 e. The van der Waals surface area contributed by atoms with Crippen LogP contribution in [0.5, 0.6) is 0 Å². The summed E-state index contributed by atoms with van der Waals surface area (Å²) < 4.78 is 0. The Morgan fingerprint density at radius 1 is 1.42 bits per heavy atom. The second kappa shape index (κ2) is 6.68. The van der Waals surface area contributed by atoms with Crippen molar-refractivity contribution in [3.05, 3.63) is 29.8 Å². The monoisotopic (exact) mass is 261 g/mol.